The zero-order chi connectivity index (χ0) is 46.1. The van der Waals surface area contributed by atoms with Crippen LogP contribution in [-0.4, -0.2) is 99.3 Å². The second kappa shape index (κ2) is 18.5. The van der Waals surface area contributed by atoms with Crippen LogP contribution in [0.5, 0.6) is 11.5 Å². The number of benzene rings is 3. The largest absolute Gasteiger partial charge is 0.455 e. The minimum Gasteiger partial charge on any atom is -0.455 e. The molecule has 8 rings (SSSR count). The molecule has 0 radical (unpaired) electrons. The van der Waals surface area contributed by atoms with Gasteiger partial charge in [0.25, 0.3) is 21.6 Å². The maximum absolute atomic E-state index is 13.9. The lowest BCUT2D eigenvalue weighted by atomic mass is 9.72. The first-order valence-corrected chi connectivity index (χ1v) is 22.8. The van der Waals surface area contributed by atoms with Crippen molar-refractivity contribution in [1.82, 2.24) is 19.6 Å². The number of sulfonamides is 1. The number of carbonyl (C=O) groups excluding carboxylic acids is 1. The first kappa shape index (κ1) is 45.5. The first-order chi connectivity index (χ1) is 30.9. The average molecular weight is 918 g/mol. The van der Waals surface area contributed by atoms with Crippen LogP contribution in [0.4, 0.5) is 30.2 Å². The Labute approximate surface area is 374 Å². The van der Waals surface area contributed by atoms with E-state index < -0.39 is 43.2 Å². The molecule has 1 amide bonds. The van der Waals surface area contributed by atoms with Crippen LogP contribution in [0.1, 0.15) is 60.2 Å². The van der Waals surface area contributed by atoms with E-state index in [4.69, 9.17) is 14.2 Å². The molecule has 1 unspecified atom stereocenters. The molecule has 2 aromatic heterocycles. The van der Waals surface area contributed by atoms with Gasteiger partial charge in [0.05, 0.1) is 53.1 Å². The van der Waals surface area contributed by atoms with E-state index >= 15 is 0 Å². The number of piperazine rings is 1. The van der Waals surface area contributed by atoms with Crippen LogP contribution >= 0.6 is 0 Å². The second-order valence-electron chi connectivity index (χ2n) is 17.4. The van der Waals surface area contributed by atoms with E-state index in [0.29, 0.717) is 69.5 Å². The van der Waals surface area contributed by atoms with Crippen LogP contribution in [0.15, 0.2) is 89.6 Å². The molecule has 2 fully saturated rings. The summed E-state index contributed by atoms with van der Waals surface area (Å²) in [6.45, 7) is 10.7. The predicted molar refractivity (Wildman–Crippen MR) is 239 cm³/mol. The number of amides is 1. The van der Waals surface area contributed by atoms with Crippen LogP contribution in [0.25, 0.3) is 16.6 Å². The summed E-state index contributed by atoms with van der Waals surface area (Å²) < 4.78 is 87.2. The predicted octanol–water partition coefficient (Wildman–Crippen LogP) is 8.32. The number of alkyl halides is 3. The summed E-state index contributed by atoms with van der Waals surface area (Å²) in [6.07, 6.45) is 1.02. The number of aromatic amines is 1. The topological polar surface area (TPSA) is 181 Å². The molecule has 344 valence electrons. The number of nitro groups is 1. The number of nitrogens with zero attached hydrogens (tertiary/aromatic N) is 4. The van der Waals surface area contributed by atoms with Crippen LogP contribution in [0, 0.1) is 22.5 Å². The SMILES string of the molecule is Cc1cc(C(F)(F)F)ccc1C1=C(CN2CCN(c3ccc(C(=O)NS(=O)(=O)c4ccc(NCC5COCCO5)c([N+](=O)[O-])c4)c(Oc4cnc5[nH]ccc5c4)c3)CC2)CCC(C)(C)C1. The quantitative estimate of drug-likeness (QED) is 0.0760. The Bertz CT molecular complexity index is 2740. The molecule has 19 heteroatoms. The summed E-state index contributed by atoms with van der Waals surface area (Å²) in [5.74, 6) is -0.669. The highest BCUT2D eigenvalue weighted by atomic mass is 32.2. The Hall–Kier alpha value is -6.02. The fourth-order valence-corrected chi connectivity index (χ4v) is 9.57. The molecule has 0 spiro atoms. The van der Waals surface area contributed by atoms with Crippen molar-refractivity contribution in [3.05, 3.63) is 117 Å². The Morgan fingerprint density at radius 3 is 2.57 bits per heavy atom. The van der Waals surface area contributed by atoms with Crippen LogP contribution < -0.4 is 19.7 Å². The number of anilines is 2. The van der Waals surface area contributed by atoms with Crippen molar-refractivity contribution in [2.45, 2.75) is 57.2 Å². The molecule has 65 heavy (non-hydrogen) atoms. The highest BCUT2D eigenvalue weighted by molar-refractivity contribution is 7.90. The molecule has 2 saturated heterocycles. The number of halogens is 3. The summed E-state index contributed by atoms with van der Waals surface area (Å²) >= 11 is 0. The molecule has 4 heterocycles. The number of allylic oxidation sites excluding steroid dienone is 1. The summed E-state index contributed by atoms with van der Waals surface area (Å²) in [5, 5.41) is 15.7. The molecule has 0 bridgehead atoms. The number of aromatic nitrogens is 2. The van der Waals surface area contributed by atoms with Crippen molar-refractivity contribution in [2.24, 2.45) is 5.41 Å². The number of aryl methyl sites for hydroxylation is 1. The standard InChI is InChI=1S/C46H50F3N7O8S/c1-29-20-32(46(47,48)49)4-7-37(29)39-24-45(2,3)12-10-31(39)27-54-14-16-55(17-15-54)33-5-8-38(42(22-33)64-34-21-30-11-13-50-43(30)52-25-34)44(57)53-65(60,61)36-6-9-40(41(23-36)56(58)59)51-26-35-28-62-18-19-63-35/h4-9,11,13,20-23,25,35,51H,10,12,14-19,24,26-28H2,1-3H3,(H,50,52)(H,53,57). The maximum atomic E-state index is 13.9. The fraction of sp³-hybridized carbons (Fsp3) is 0.391. The maximum Gasteiger partial charge on any atom is 0.416 e. The van der Waals surface area contributed by atoms with E-state index in [2.05, 4.69) is 43.7 Å². The molecule has 1 aliphatic carbocycles. The van der Waals surface area contributed by atoms with Crippen molar-refractivity contribution in [1.29, 1.82) is 0 Å². The molecule has 0 saturated carbocycles. The van der Waals surface area contributed by atoms with Gasteiger partial charge in [0.1, 0.15) is 22.8 Å². The minimum atomic E-state index is -4.63. The molecule has 3 aliphatic rings. The average Bonchev–Trinajstić information content (AvgIpc) is 3.74. The zero-order valence-corrected chi connectivity index (χ0v) is 37.0. The summed E-state index contributed by atoms with van der Waals surface area (Å²) in [5.41, 5.74) is 3.97. The molecular formula is C46H50F3N7O8S. The van der Waals surface area contributed by atoms with Gasteiger partial charge >= 0.3 is 6.18 Å². The van der Waals surface area contributed by atoms with E-state index in [1.54, 1.807) is 43.5 Å². The molecular weight excluding hydrogens is 868 g/mol. The van der Waals surface area contributed by atoms with Crippen molar-refractivity contribution < 1.29 is 45.5 Å². The van der Waals surface area contributed by atoms with E-state index in [0.717, 1.165) is 47.5 Å². The van der Waals surface area contributed by atoms with Gasteiger partial charge in [-0.1, -0.05) is 25.5 Å². The monoisotopic (exact) mass is 917 g/mol. The fourth-order valence-electron chi connectivity index (χ4n) is 8.58. The Morgan fingerprint density at radius 1 is 1.05 bits per heavy atom. The number of H-pyrrole nitrogens is 1. The van der Waals surface area contributed by atoms with E-state index in [1.165, 1.54) is 42.1 Å². The van der Waals surface area contributed by atoms with Crippen LogP contribution in [0.2, 0.25) is 0 Å². The van der Waals surface area contributed by atoms with Gasteiger partial charge in [-0.15, -0.1) is 0 Å². The van der Waals surface area contributed by atoms with Crippen molar-refractivity contribution >= 4 is 49.6 Å². The number of nitro benzene ring substituents is 1. The van der Waals surface area contributed by atoms with Gasteiger partial charge in [0.15, 0.2) is 0 Å². The van der Waals surface area contributed by atoms with Gasteiger partial charge in [-0.05, 0) is 96.8 Å². The van der Waals surface area contributed by atoms with Crippen molar-refractivity contribution in [2.75, 3.05) is 69.3 Å². The van der Waals surface area contributed by atoms with E-state index in [-0.39, 0.29) is 35.1 Å². The van der Waals surface area contributed by atoms with E-state index in [9.17, 15) is 36.5 Å². The minimum absolute atomic E-state index is 0.00791. The lowest BCUT2D eigenvalue weighted by molar-refractivity contribution is -0.384. The summed E-state index contributed by atoms with van der Waals surface area (Å²) in [4.78, 5) is 36.6. The van der Waals surface area contributed by atoms with Gasteiger partial charge in [-0.3, -0.25) is 19.8 Å². The lowest BCUT2D eigenvalue weighted by Crippen LogP contribution is -2.47. The zero-order valence-electron chi connectivity index (χ0n) is 36.2. The summed E-state index contributed by atoms with van der Waals surface area (Å²) in [6, 6.07) is 15.7. The third kappa shape index (κ3) is 10.6. The number of nitrogens with one attached hydrogen (secondary N) is 3. The van der Waals surface area contributed by atoms with Gasteiger partial charge in [0, 0.05) is 68.7 Å². The van der Waals surface area contributed by atoms with Gasteiger partial charge in [0.2, 0.25) is 0 Å². The lowest BCUT2D eigenvalue weighted by Gasteiger charge is -2.39. The number of ether oxygens (including phenoxy) is 3. The molecule has 15 nitrogen and oxygen atoms in total. The van der Waals surface area contributed by atoms with E-state index in [1.807, 2.05) is 0 Å². The highest BCUT2D eigenvalue weighted by Crippen LogP contribution is 2.45. The number of carbonyl (C=O) groups is 1. The third-order valence-corrected chi connectivity index (χ3v) is 13.5. The van der Waals surface area contributed by atoms with Gasteiger partial charge < -0.3 is 29.4 Å². The van der Waals surface area contributed by atoms with Crippen molar-refractivity contribution in [3.8, 4) is 11.5 Å². The van der Waals surface area contributed by atoms with Gasteiger partial charge in [-0.25, -0.2) is 18.1 Å². The second-order valence-corrected chi connectivity index (χ2v) is 19.1. The number of fused-ring (bicyclic) bond motifs is 1. The number of pyridine rings is 1. The number of hydrogen-bond acceptors (Lipinski definition) is 12. The Balaban J connectivity index is 1.01. The Kier molecular flexibility index (Phi) is 12.9. The molecule has 2 aliphatic heterocycles. The molecule has 5 aromatic rings. The summed E-state index contributed by atoms with van der Waals surface area (Å²) in [7, 11) is -4.63. The van der Waals surface area contributed by atoms with Crippen molar-refractivity contribution in [3.63, 3.8) is 0 Å². The normalized spacial score (nSPS) is 18.4. The Morgan fingerprint density at radius 2 is 1.85 bits per heavy atom. The number of hydrogen-bond donors (Lipinski definition) is 3. The molecule has 3 aromatic carbocycles. The smallest absolute Gasteiger partial charge is 0.416 e. The first-order valence-electron chi connectivity index (χ1n) is 21.3. The molecule has 3 N–H and O–H groups in total. The molecule has 1 atom stereocenters. The van der Waals surface area contributed by atoms with Crippen LogP contribution in [0.3, 0.4) is 0 Å². The van der Waals surface area contributed by atoms with Crippen LogP contribution in [-0.2, 0) is 25.7 Å². The van der Waals surface area contributed by atoms with Gasteiger partial charge in [-0.2, -0.15) is 13.2 Å². The third-order valence-electron chi connectivity index (χ3n) is 12.1. The highest BCUT2D eigenvalue weighted by Gasteiger charge is 2.34. The number of rotatable bonds is 13.